The van der Waals surface area contributed by atoms with Crippen molar-refractivity contribution in [2.45, 2.75) is 13.5 Å². The number of carbonyl (C=O) groups is 1. The van der Waals surface area contributed by atoms with E-state index in [4.69, 9.17) is 0 Å². The number of fused-ring (bicyclic) bond motifs is 1. The summed E-state index contributed by atoms with van der Waals surface area (Å²) in [7, 11) is 1.69. The number of hydrogen-bond acceptors (Lipinski definition) is 6. The van der Waals surface area contributed by atoms with E-state index in [9.17, 15) is 4.79 Å². The fourth-order valence-electron chi connectivity index (χ4n) is 2.35. The predicted octanol–water partition coefficient (Wildman–Crippen LogP) is 1.21. The van der Waals surface area contributed by atoms with Crippen LogP contribution in [0.1, 0.15) is 21.2 Å². The van der Waals surface area contributed by atoms with Crippen LogP contribution in [0.25, 0.3) is 5.65 Å². The van der Waals surface area contributed by atoms with Gasteiger partial charge in [-0.3, -0.25) is 14.2 Å². The van der Waals surface area contributed by atoms with Crippen molar-refractivity contribution in [1.29, 1.82) is 0 Å². The Bertz CT molecular complexity index is 922. The maximum atomic E-state index is 12.0. The highest BCUT2D eigenvalue weighted by Gasteiger charge is 2.10. The first-order valence-corrected chi connectivity index (χ1v) is 8.98. The van der Waals surface area contributed by atoms with Crippen molar-refractivity contribution < 1.29 is 4.79 Å². The van der Waals surface area contributed by atoms with E-state index >= 15 is 0 Å². The van der Waals surface area contributed by atoms with Crippen molar-refractivity contribution in [3.05, 3.63) is 46.3 Å². The molecule has 0 saturated heterocycles. The second-order valence-electron chi connectivity index (χ2n) is 5.42. The molecule has 144 valence electrons. The molecule has 3 aromatic rings. The van der Waals surface area contributed by atoms with Gasteiger partial charge in [0.2, 0.25) is 0 Å². The van der Waals surface area contributed by atoms with Gasteiger partial charge in [-0.1, -0.05) is 6.07 Å². The summed E-state index contributed by atoms with van der Waals surface area (Å²) >= 11 is 1.34. The first-order valence-electron chi connectivity index (χ1n) is 8.10. The Morgan fingerprint density at radius 3 is 2.78 bits per heavy atom. The minimum Gasteiger partial charge on any atom is -0.355 e. The maximum Gasteiger partial charge on any atom is 0.263 e. The maximum absolute atomic E-state index is 12.0. The Morgan fingerprint density at radius 1 is 1.22 bits per heavy atom. The number of nitrogens with one attached hydrogen (secondary N) is 3. The molecule has 0 saturated carbocycles. The molecular formula is C16H21IN8OS. The highest BCUT2D eigenvalue weighted by molar-refractivity contribution is 14.0. The predicted molar refractivity (Wildman–Crippen MR) is 116 cm³/mol. The van der Waals surface area contributed by atoms with Crippen molar-refractivity contribution in [3.8, 4) is 0 Å². The zero-order chi connectivity index (χ0) is 18.4. The van der Waals surface area contributed by atoms with Crippen LogP contribution < -0.4 is 16.0 Å². The average Bonchev–Trinajstić information content (AvgIpc) is 3.27. The van der Waals surface area contributed by atoms with E-state index in [1.807, 2.05) is 35.7 Å². The second kappa shape index (κ2) is 10.2. The lowest BCUT2D eigenvalue weighted by Gasteiger charge is -2.11. The van der Waals surface area contributed by atoms with E-state index in [-0.39, 0.29) is 29.9 Å². The summed E-state index contributed by atoms with van der Waals surface area (Å²) in [5.74, 6) is 1.31. The topological polar surface area (TPSA) is 109 Å². The minimum atomic E-state index is -0.107. The zero-order valence-corrected chi connectivity index (χ0v) is 18.1. The molecule has 11 heteroatoms. The number of carbonyl (C=O) groups excluding carboxylic acids is 1. The minimum absolute atomic E-state index is 0. The molecule has 3 aromatic heterocycles. The van der Waals surface area contributed by atoms with Crippen molar-refractivity contribution >= 4 is 52.8 Å². The van der Waals surface area contributed by atoms with Gasteiger partial charge in [0.25, 0.3) is 5.91 Å². The number of thiazole rings is 1. The Hall–Kier alpha value is -2.28. The molecular weight excluding hydrogens is 479 g/mol. The summed E-state index contributed by atoms with van der Waals surface area (Å²) < 4.78 is 1.91. The highest BCUT2D eigenvalue weighted by atomic mass is 127. The van der Waals surface area contributed by atoms with Gasteiger partial charge in [0.1, 0.15) is 4.88 Å². The van der Waals surface area contributed by atoms with Crippen molar-refractivity contribution in [1.82, 2.24) is 35.5 Å². The normalized spacial score (nSPS) is 11.1. The lowest BCUT2D eigenvalue weighted by molar-refractivity contribution is 0.0957. The van der Waals surface area contributed by atoms with E-state index in [0.717, 1.165) is 17.2 Å². The third-order valence-electron chi connectivity index (χ3n) is 3.68. The Balaban J connectivity index is 0.00000261. The summed E-state index contributed by atoms with van der Waals surface area (Å²) in [5, 5.41) is 17.5. The standard InChI is InChI=1S/C16H20N8OS.HI/c1-11-14(26-10-21-11)15(25)18-6-7-19-16(17-2)20-9-13-23-22-12-5-3-4-8-24(12)13;/h3-5,8,10H,6-7,9H2,1-2H3,(H,18,25)(H2,17,19,20);1H. The quantitative estimate of drug-likeness (QED) is 0.203. The number of guanidine groups is 1. The Kier molecular flexibility index (Phi) is 7.91. The summed E-state index contributed by atoms with van der Waals surface area (Å²) in [6, 6.07) is 5.75. The monoisotopic (exact) mass is 500 g/mol. The number of hydrogen-bond donors (Lipinski definition) is 3. The first-order chi connectivity index (χ1) is 12.7. The van der Waals surface area contributed by atoms with Gasteiger partial charge in [-0.2, -0.15) is 0 Å². The smallest absolute Gasteiger partial charge is 0.263 e. The van der Waals surface area contributed by atoms with Crippen LogP contribution in [0, 0.1) is 6.92 Å². The number of aliphatic imine (C=N–C) groups is 1. The summed E-state index contributed by atoms with van der Waals surface area (Å²) in [4.78, 5) is 20.9. The lowest BCUT2D eigenvalue weighted by atomic mass is 10.4. The number of rotatable bonds is 6. The third-order valence-corrected chi connectivity index (χ3v) is 4.60. The molecule has 3 rings (SSSR count). The fraction of sp³-hybridized carbons (Fsp3) is 0.312. The molecule has 0 aliphatic carbocycles. The lowest BCUT2D eigenvalue weighted by Crippen LogP contribution is -2.41. The molecule has 0 spiro atoms. The molecule has 9 nitrogen and oxygen atoms in total. The van der Waals surface area contributed by atoms with Crippen LogP contribution in [-0.4, -0.2) is 51.6 Å². The number of pyridine rings is 1. The van der Waals surface area contributed by atoms with Gasteiger partial charge >= 0.3 is 0 Å². The van der Waals surface area contributed by atoms with Crippen molar-refractivity contribution in [2.75, 3.05) is 20.1 Å². The van der Waals surface area contributed by atoms with Crippen LogP contribution in [0.3, 0.4) is 0 Å². The van der Waals surface area contributed by atoms with Crippen LogP contribution >= 0.6 is 35.3 Å². The highest BCUT2D eigenvalue weighted by Crippen LogP contribution is 2.11. The molecule has 27 heavy (non-hydrogen) atoms. The molecule has 0 aliphatic rings. The number of aryl methyl sites for hydroxylation is 1. The zero-order valence-electron chi connectivity index (χ0n) is 15.0. The molecule has 0 aliphatic heterocycles. The third kappa shape index (κ3) is 5.35. The number of halogens is 1. The summed E-state index contributed by atoms with van der Waals surface area (Å²) in [5.41, 5.74) is 3.22. The average molecular weight is 500 g/mol. The molecule has 0 atom stereocenters. The van der Waals surface area contributed by atoms with Gasteiger partial charge < -0.3 is 16.0 Å². The van der Waals surface area contributed by atoms with Crippen molar-refractivity contribution in [3.63, 3.8) is 0 Å². The summed E-state index contributed by atoms with van der Waals surface area (Å²) in [6.45, 7) is 3.33. The van der Waals surface area contributed by atoms with Gasteiger partial charge in [-0.05, 0) is 19.1 Å². The molecule has 0 radical (unpaired) electrons. The van der Waals surface area contributed by atoms with E-state index in [1.165, 1.54) is 11.3 Å². The Morgan fingerprint density at radius 2 is 2.04 bits per heavy atom. The summed E-state index contributed by atoms with van der Waals surface area (Å²) in [6.07, 6.45) is 1.92. The van der Waals surface area contributed by atoms with Gasteiger partial charge in [0, 0.05) is 26.3 Å². The van der Waals surface area contributed by atoms with Crippen LogP contribution in [-0.2, 0) is 6.54 Å². The van der Waals surface area contributed by atoms with Crippen LogP contribution in [0.15, 0.2) is 34.9 Å². The fourth-order valence-corrected chi connectivity index (χ4v) is 3.07. The molecule has 0 bridgehead atoms. The van der Waals surface area contributed by atoms with Crippen molar-refractivity contribution in [2.24, 2.45) is 4.99 Å². The Labute approximate surface area is 177 Å². The van der Waals surface area contributed by atoms with Gasteiger partial charge in [0.05, 0.1) is 17.7 Å². The molecule has 1 amide bonds. The van der Waals surface area contributed by atoms with E-state index < -0.39 is 0 Å². The van der Waals surface area contributed by atoms with Gasteiger partial charge in [0.15, 0.2) is 17.4 Å². The van der Waals surface area contributed by atoms with E-state index in [0.29, 0.717) is 30.5 Å². The first kappa shape index (κ1) is 21.0. The van der Waals surface area contributed by atoms with Crippen LogP contribution in [0.4, 0.5) is 0 Å². The molecule has 3 heterocycles. The number of aromatic nitrogens is 4. The molecule has 3 N–H and O–H groups in total. The van der Waals surface area contributed by atoms with Gasteiger partial charge in [-0.15, -0.1) is 45.5 Å². The second-order valence-corrected chi connectivity index (χ2v) is 6.28. The van der Waals surface area contributed by atoms with Crippen LogP contribution in [0.5, 0.6) is 0 Å². The number of amides is 1. The SMILES string of the molecule is CN=C(NCCNC(=O)c1scnc1C)NCc1nnc2ccccn12.I. The molecule has 0 aromatic carbocycles. The molecule has 0 unspecified atom stereocenters. The van der Waals surface area contributed by atoms with Gasteiger partial charge in [-0.25, -0.2) is 4.98 Å². The van der Waals surface area contributed by atoms with E-state index in [2.05, 4.69) is 36.1 Å². The largest absolute Gasteiger partial charge is 0.355 e. The van der Waals surface area contributed by atoms with Crippen LogP contribution in [0.2, 0.25) is 0 Å². The van der Waals surface area contributed by atoms with E-state index in [1.54, 1.807) is 12.6 Å². The molecule has 0 fully saturated rings. The number of nitrogens with zero attached hydrogens (tertiary/aromatic N) is 5.